The Morgan fingerprint density at radius 3 is 2.54 bits per heavy atom. The summed E-state index contributed by atoms with van der Waals surface area (Å²) in [5, 5.41) is 4.00. The van der Waals surface area contributed by atoms with Crippen LogP contribution in [0.3, 0.4) is 0 Å². The van der Waals surface area contributed by atoms with Gasteiger partial charge in [-0.05, 0) is 45.3 Å². The molecular weight excluding hydrogens is 483 g/mol. The topological polar surface area (TPSA) is 92.4 Å². The van der Waals surface area contributed by atoms with Gasteiger partial charge in [-0.25, -0.2) is 4.98 Å². The number of benzene rings is 1. The molecular formula is C23H27ClF3N7O. The standard InChI is InChI=1S/C23H27ClF3N7O/c1-13(12-33(2)3)35-22-30-18-11-14(20-16(23(25,26)27)4-5-19(28)31-20)17(24)10-15(18)21(32-22)34-8-6-29-7-9-34/h4-5,10-11,13,29H,6-9,12H2,1-3H3,(H2,28,31). The largest absolute Gasteiger partial charge is 0.459 e. The first-order chi connectivity index (χ1) is 16.5. The van der Waals surface area contributed by atoms with Crippen LogP contribution in [0.25, 0.3) is 22.2 Å². The zero-order valence-electron chi connectivity index (χ0n) is 19.7. The second kappa shape index (κ2) is 10.00. The highest BCUT2D eigenvalue weighted by Crippen LogP contribution is 2.41. The van der Waals surface area contributed by atoms with E-state index in [1.807, 2.05) is 25.9 Å². The molecule has 0 radical (unpaired) electrons. The van der Waals surface area contributed by atoms with Gasteiger partial charge in [-0.1, -0.05) is 11.6 Å². The molecule has 1 atom stereocenters. The summed E-state index contributed by atoms with van der Waals surface area (Å²) in [5.74, 6) is 0.573. The van der Waals surface area contributed by atoms with E-state index in [-0.39, 0.29) is 34.2 Å². The Morgan fingerprint density at radius 1 is 1.17 bits per heavy atom. The van der Waals surface area contributed by atoms with Gasteiger partial charge in [-0.2, -0.15) is 23.1 Å². The highest BCUT2D eigenvalue weighted by Gasteiger charge is 2.35. The molecule has 1 aliphatic rings. The minimum Gasteiger partial charge on any atom is -0.459 e. The molecule has 0 bridgehead atoms. The molecule has 3 aromatic rings. The number of fused-ring (bicyclic) bond motifs is 1. The number of nitrogens with two attached hydrogens (primary N) is 1. The number of anilines is 2. The zero-order valence-corrected chi connectivity index (χ0v) is 20.4. The molecule has 1 aliphatic heterocycles. The number of aromatic nitrogens is 3. The van der Waals surface area contributed by atoms with E-state index in [1.54, 1.807) is 6.07 Å². The average Bonchev–Trinajstić information content (AvgIpc) is 2.77. The second-order valence-electron chi connectivity index (χ2n) is 8.74. The minimum atomic E-state index is -4.64. The number of nitrogen functional groups attached to an aromatic ring is 1. The van der Waals surface area contributed by atoms with Crippen molar-refractivity contribution in [2.24, 2.45) is 0 Å². The van der Waals surface area contributed by atoms with Crippen molar-refractivity contribution in [2.75, 3.05) is 57.5 Å². The molecule has 12 heteroatoms. The van der Waals surface area contributed by atoms with Gasteiger partial charge in [0.25, 0.3) is 0 Å². The van der Waals surface area contributed by atoms with E-state index in [9.17, 15) is 13.2 Å². The Morgan fingerprint density at radius 2 is 1.89 bits per heavy atom. The summed E-state index contributed by atoms with van der Waals surface area (Å²) >= 11 is 6.53. The summed E-state index contributed by atoms with van der Waals surface area (Å²) in [6.45, 7) is 5.48. The van der Waals surface area contributed by atoms with Crippen molar-refractivity contribution in [2.45, 2.75) is 19.2 Å². The third-order valence-electron chi connectivity index (χ3n) is 5.57. The first kappa shape index (κ1) is 25.2. The smallest absolute Gasteiger partial charge is 0.418 e. The van der Waals surface area contributed by atoms with Gasteiger partial charge in [0.2, 0.25) is 0 Å². The van der Waals surface area contributed by atoms with Crippen molar-refractivity contribution in [3.63, 3.8) is 0 Å². The molecule has 3 N–H and O–H groups in total. The third-order valence-corrected chi connectivity index (χ3v) is 5.88. The van der Waals surface area contributed by atoms with Crippen LogP contribution < -0.4 is 20.7 Å². The van der Waals surface area contributed by atoms with Gasteiger partial charge in [0.15, 0.2) is 0 Å². The van der Waals surface area contributed by atoms with Crippen LogP contribution in [0, 0.1) is 0 Å². The maximum atomic E-state index is 13.7. The van der Waals surface area contributed by atoms with Crippen LogP contribution in [0.5, 0.6) is 6.01 Å². The molecule has 1 fully saturated rings. The monoisotopic (exact) mass is 509 g/mol. The van der Waals surface area contributed by atoms with Gasteiger partial charge in [0.05, 0.1) is 21.8 Å². The van der Waals surface area contributed by atoms with Crippen molar-refractivity contribution < 1.29 is 17.9 Å². The van der Waals surface area contributed by atoms with Crippen molar-refractivity contribution in [3.8, 4) is 17.3 Å². The Labute approximate surface area is 206 Å². The zero-order chi connectivity index (χ0) is 25.3. The van der Waals surface area contributed by atoms with Crippen LogP contribution in [0.1, 0.15) is 12.5 Å². The molecule has 3 heterocycles. The fourth-order valence-corrected chi connectivity index (χ4v) is 4.36. The molecule has 4 rings (SSSR count). The number of halogens is 4. The Kier molecular flexibility index (Phi) is 7.20. The normalized spacial score (nSPS) is 15.6. The van der Waals surface area contributed by atoms with Gasteiger partial charge in [-0.15, -0.1) is 0 Å². The van der Waals surface area contributed by atoms with E-state index in [0.717, 1.165) is 25.2 Å². The summed E-state index contributed by atoms with van der Waals surface area (Å²) < 4.78 is 47.2. The van der Waals surface area contributed by atoms with E-state index < -0.39 is 11.7 Å². The minimum absolute atomic E-state index is 0.0464. The summed E-state index contributed by atoms with van der Waals surface area (Å²) in [7, 11) is 3.86. The Hall–Kier alpha value is -2.89. The Balaban J connectivity index is 1.89. The van der Waals surface area contributed by atoms with Crippen molar-refractivity contribution in [1.29, 1.82) is 0 Å². The van der Waals surface area contributed by atoms with Gasteiger partial charge >= 0.3 is 12.2 Å². The van der Waals surface area contributed by atoms with Crippen LogP contribution >= 0.6 is 11.6 Å². The van der Waals surface area contributed by atoms with E-state index in [2.05, 4.69) is 25.2 Å². The number of alkyl halides is 3. The quantitative estimate of drug-likeness (QED) is 0.520. The molecule has 0 spiro atoms. The van der Waals surface area contributed by atoms with Crippen LogP contribution in [-0.2, 0) is 6.18 Å². The maximum Gasteiger partial charge on any atom is 0.418 e. The number of hydrogen-bond donors (Lipinski definition) is 2. The number of nitrogens with zero attached hydrogens (tertiary/aromatic N) is 5. The van der Waals surface area contributed by atoms with Crippen LogP contribution in [-0.4, -0.2) is 72.8 Å². The van der Waals surface area contributed by atoms with Crippen molar-refractivity contribution in [1.82, 2.24) is 25.2 Å². The fraction of sp³-hybridized carbons (Fsp3) is 0.435. The number of rotatable bonds is 6. The van der Waals surface area contributed by atoms with E-state index in [4.69, 9.17) is 22.1 Å². The molecule has 8 nitrogen and oxygen atoms in total. The molecule has 1 unspecified atom stereocenters. The lowest BCUT2D eigenvalue weighted by molar-refractivity contribution is -0.137. The average molecular weight is 510 g/mol. The SMILES string of the molecule is CC(CN(C)C)Oc1nc(N2CCNCC2)c2cc(Cl)c(-c3nc(N)ccc3C(F)(F)F)cc2n1. The number of ether oxygens (including phenoxy) is 1. The summed E-state index contributed by atoms with van der Waals surface area (Å²) in [4.78, 5) is 17.2. The lowest BCUT2D eigenvalue weighted by Crippen LogP contribution is -2.44. The predicted octanol–water partition coefficient (Wildman–Crippen LogP) is 3.68. The Bertz CT molecular complexity index is 1220. The number of piperazine rings is 1. The summed E-state index contributed by atoms with van der Waals surface area (Å²) in [6, 6.07) is 5.24. The van der Waals surface area contributed by atoms with Gasteiger partial charge < -0.3 is 25.6 Å². The molecule has 0 amide bonds. The highest BCUT2D eigenvalue weighted by molar-refractivity contribution is 6.34. The third kappa shape index (κ3) is 5.68. The van der Waals surface area contributed by atoms with E-state index in [1.165, 1.54) is 6.07 Å². The molecule has 0 aliphatic carbocycles. The number of pyridine rings is 1. The molecule has 0 saturated carbocycles. The van der Waals surface area contributed by atoms with Crippen molar-refractivity contribution in [3.05, 3.63) is 34.9 Å². The van der Waals surface area contributed by atoms with Crippen LogP contribution in [0.4, 0.5) is 24.8 Å². The lowest BCUT2D eigenvalue weighted by Gasteiger charge is -2.29. The fourth-order valence-electron chi connectivity index (χ4n) is 4.10. The van der Waals surface area contributed by atoms with E-state index in [0.29, 0.717) is 36.4 Å². The van der Waals surface area contributed by atoms with E-state index >= 15 is 0 Å². The molecule has 2 aromatic heterocycles. The molecule has 1 saturated heterocycles. The lowest BCUT2D eigenvalue weighted by atomic mass is 10.0. The first-order valence-corrected chi connectivity index (χ1v) is 11.5. The molecule has 1 aromatic carbocycles. The number of likely N-dealkylation sites (N-methyl/N-ethyl adjacent to an activating group) is 1. The summed E-state index contributed by atoms with van der Waals surface area (Å²) in [5.41, 5.74) is 4.93. The summed E-state index contributed by atoms with van der Waals surface area (Å²) in [6.07, 6.45) is -4.85. The second-order valence-corrected chi connectivity index (χ2v) is 9.14. The number of hydrogen-bond acceptors (Lipinski definition) is 8. The van der Waals surface area contributed by atoms with Crippen LogP contribution in [0.15, 0.2) is 24.3 Å². The first-order valence-electron chi connectivity index (χ1n) is 11.2. The van der Waals surface area contributed by atoms with Gasteiger partial charge in [0, 0.05) is 43.7 Å². The maximum absolute atomic E-state index is 13.7. The molecule has 35 heavy (non-hydrogen) atoms. The number of nitrogens with one attached hydrogen (secondary N) is 1. The highest BCUT2D eigenvalue weighted by atomic mass is 35.5. The molecule has 188 valence electrons. The van der Waals surface area contributed by atoms with Gasteiger partial charge in [0.1, 0.15) is 17.7 Å². The van der Waals surface area contributed by atoms with Gasteiger partial charge in [-0.3, -0.25) is 0 Å². The predicted molar refractivity (Wildman–Crippen MR) is 131 cm³/mol. The van der Waals surface area contributed by atoms with Crippen molar-refractivity contribution >= 4 is 34.1 Å². The van der Waals surface area contributed by atoms with Crippen LogP contribution in [0.2, 0.25) is 5.02 Å².